The van der Waals surface area contributed by atoms with Crippen LogP contribution in [0.15, 0.2) is 0 Å². The molecule has 18 heavy (non-hydrogen) atoms. The maximum absolute atomic E-state index is 6.28. The van der Waals surface area contributed by atoms with Crippen molar-refractivity contribution in [3.05, 3.63) is 16.4 Å². The van der Waals surface area contributed by atoms with Gasteiger partial charge in [0.15, 0.2) is 0 Å². The fourth-order valence-corrected chi connectivity index (χ4v) is 2.95. The number of likely N-dealkylation sites (tertiary alicyclic amines) is 1. The van der Waals surface area contributed by atoms with Crippen LogP contribution in [-0.2, 0) is 13.6 Å². The molecular weight excluding hydrogens is 248 g/mol. The fourth-order valence-electron chi connectivity index (χ4n) is 2.71. The minimum atomic E-state index is 0.782. The summed E-state index contributed by atoms with van der Waals surface area (Å²) < 4.78 is 1.76. The Kier molecular flexibility index (Phi) is 4.65. The minimum absolute atomic E-state index is 0.782. The van der Waals surface area contributed by atoms with Crippen LogP contribution in [-0.4, -0.2) is 41.4 Å². The molecule has 1 fully saturated rings. The summed E-state index contributed by atoms with van der Waals surface area (Å²) in [5.41, 5.74) is 2.24. The molecule has 4 nitrogen and oxygen atoms in total. The highest BCUT2D eigenvalue weighted by Gasteiger charge is 2.21. The average Bonchev–Trinajstić information content (AvgIpc) is 2.59. The highest BCUT2D eigenvalue weighted by molar-refractivity contribution is 6.30. The Morgan fingerprint density at radius 2 is 2.06 bits per heavy atom. The molecule has 1 aliphatic rings. The van der Waals surface area contributed by atoms with Crippen molar-refractivity contribution in [3.63, 3.8) is 0 Å². The molecule has 0 radical (unpaired) electrons. The summed E-state index contributed by atoms with van der Waals surface area (Å²) in [5.74, 6) is 0.830. The van der Waals surface area contributed by atoms with Crippen molar-refractivity contribution in [1.82, 2.24) is 20.0 Å². The van der Waals surface area contributed by atoms with E-state index in [4.69, 9.17) is 11.6 Å². The Hall–Kier alpha value is -0.580. The lowest BCUT2D eigenvalue weighted by molar-refractivity contribution is 0.176. The SMILES string of the molecule is CNCC1CCN(Cc2c(C)nn(C)c2Cl)CC1. The van der Waals surface area contributed by atoms with Crippen LogP contribution in [0.3, 0.4) is 0 Å². The van der Waals surface area contributed by atoms with Crippen LogP contribution < -0.4 is 5.32 Å². The molecule has 0 amide bonds. The topological polar surface area (TPSA) is 33.1 Å². The van der Waals surface area contributed by atoms with Gasteiger partial charge in [0.1, 0.15) is 5.15 Å². The standard InChI is InChI=1S/C13H23ClN4/c1-10-12(13(14)17(3)16-10)9-18-6-4-11(5-7-18)8-15-2/h11,15H,4-9H2,1-3H3. The van der Waals surface area contributed by atoms with Gasteiger partial charge in [-0.05, 0) is 52.4 Å². The molecule has 0 aliphatic carbocycles. The Morgan fingerprint density at radius 3 is 2.56 bits per heavy atom. The van der Waals surface area contributed by atoms with E-state index >= 15 is 0 Å². The van der Waals surface area contributed by atoms with Crippen molar-refractivity contribution >= 4 is 11.6 Å². The van der Waals surface area contributed by atoms with E-state index in [-0.39, 0.29) is 0 Å². The molecule has 0 unspecified atom stereocenters. The Bertz CT molecular complexity index is 394. The van der Waals surface area contributed by atoms with Crippen LogP contribution in [0.4, 0.5) is 0 Å². The molecule has 2 rings (SSSR count). The van der Waals surface area contributed by atoms with Crippen LogP contribution in [0, 0.1) is 12.8 Å². The lowest BCUT2D eigenvalue weighted by Gasteiger charge is -2.31. The molecule has 1 N–H and O–H groups in total. The van der Waals surface area contributed by atoms with Gasteiger partial charge in [0, 0.05) is 19.2 Å². The number of nitrogens with zero attached hydrogens (tertiary/aromatic N) is 3. The largest absolute Gasteiger partial charge is 0.319 e. The van der Waals surface area contributed by atoms with E-state index in [1.54, 1.807) is 4.68 Å². The summed E-state index contributed by atoms with van der Waals surface area (Å²) in [6.07, 6.45) is 2.55. The van der Waals surface area contributed by atoms with Gasteiger partial charge in [-0.25, -0.2) is 0 Å². The van der Waals surface area contributed by atoms with E-state index in [0.717, 1.165) is 42.9 Å². The summed E-state index contributed by atoms with van der Waals surface area (Å²) in [6, 6.07) is 0. The van der Waals surface area contributed by atoms with E-state index < -0.39 is 0 Å². The number of rotatable bonds is 4. The van der Waals surface area contributed by atoms with Gasteiger partial charge in [-0.1, -0.05) is 11.6 Å². The van der Waals surface area contributed by atoms with Gasteiger partial charge < -0.3 is 5.32 Å². The predicted molar refractivity (Wildman–Crippen MR) is 74.9 cm³/mol. The van der Waals surface area contributed by atoms with Gasteiger partial charge in [0.2, 0.25) is 0 Å². The molecule has 1 aromatic rings. The monoisotopic (exact) mass is 270 g/mol. The van der Waals surface area contributed by atoms with Crippen LogP contribution in [0.1, 0.15) is 24.1 Å². The Morgan fingerprint density at radius 1 is 1.39 bits per heavy atom. The fraction of sp³-hybridized carbons (Fsp3) is 0.769. The zero-order valence-corrected chi connectivity index (χ0v) is 12.3. The number of nitrogens with one attached hydrogen (secondary N) is 1. The van der Waals surface area contributed by atoms with E-state index in [0.29, 0.717) is 0 Å². The summed E-state index contributed by atoms with van der Waals surface area (Å²) >= 11 is 6.28. The van der Waals surface area contributed by atoms with E-state index in [1.807, 2.05) is 21.0 Å². The lowest BCUT2D eigenvalue weighted by atomic mass is 9.96. The van der Waals surface area contributed by atoms with Crippen LogP contribution in [0.2, 0.25) is 5.15 Å². The molecule has 1 saturated heterocycles. The molecule has 0 atom stereocenters. The number of hydrogen-bond donors (Lipinski definition) is 1. The van der Waals surface area contributed by atoms with Gasteiger partial charge in [-0.15, -0.1) is 0 Å². The van der Waals surface area contributed by atoms with E-state index in [2.05, 4.69) is 15.3 Å². The van der Waals surface area contributed by atoms with E-state index in [9.17, 15) is 0 Å². The van der Waals surface area contributed by atoms with Crippen LogP contribution in [0.25, 0.3) is 0 Å². The first-order valence-electron chi connectivity index (χ1n) is 6.66. The third-order valence-corrected chi connectivity index (χ3v) is 4.32. The first-order chi connectivity index (χ1) is 8.61. The molecule has 2 heterocycles. The normalized spacial score (nSPS) is 18.4. The van der Waals surface area contributed by atoms with Crippen LogP contribution in [0.5, 0.6) is 0 Å². The third kappa shape index (κ3) is 3.05. The summed E-state index contributed by atoms with van der Waals surface area (Å²) in [6.45, 7) is 6.44. The van der Waals surface area contributed by atoms with Crippen molar-refractivity contribution in [2.75, 3.05) is 26.7 Å². The van der Waals surface area contributed by atoms with Gasteiger partial charge in [0.05, 0.1) is 5.69 Å². The lowest BCUT2D eigenvalue weighted by Crippen LogP contribution is -2.36. The maximum atomic E-state index is 6.28. The van der Waals surface area contributed by atoms with Crippen molar-refractivity contribution in [2.45, 2.75) is 26.3 Å². The molecule has 0 saturated carbocycles. The quantitative estimate of drug-likeness (QED) is 0.906. The van der Waals surface area contributed by atoms with Crippen molar-refractivity contribution < 1.29 is 0 Å². The molecular formula is C13H23ClN4. The van der Waals surface area contributed by atoms with E-state index in [1.165, 1.54) is 18.4 Å². The number of hydrogen-bond acceptors (Lipinski definition) is 3. The number of halogens is 1. The molecule has 1 aromatic heterocycles. The zero-order chi connectivity index (χ0) is 13.1. The highest BCUT2D eigenvalue weighted by atomic mass is 35.5. The smallest absolute Gasteiger partial charge is 0.131 e. The minimum Gasteiger partial charge on any atom is -0.319 e. The van der Waals surface area contributed by atoms with Gasteiger partial charge in [-0.3, -0.25) is 9.58 Å². The summed E-state index contributed by atoms with van der Waals surface area (Å²) in [4.78, 5) is 2.49. The number of aryl methyl sites for hydroxylation is 2. The first-order valence-corrected chi connectivity index (χ1v) is 7.04. The van der Waals surface area contributed by atoms with Crippen molar-refractivity contribution in [3.8, 4) is 0 Å². The second-order valence-electron chi connectivity index (χ2n) is 5.26. The van der Waals surface area contributed by atoms with Gasteiger partial charge in [0.25, 0.3) is 0 Å². The molecule has 0 bridgehead atoms. The molecule has 0 aromatic carbocycles. The average molecular weight is 271 g/mol. The van der Waals surface area contributed by atoms with Gasteiger partial charge in [-0.2, -0.15) is 5.10 Å². The number of piperidine rings is 1. The second kappa shape index (κ2) is 6.04. The molecule has 102 valence electrons. The Balaban J connectivity index is 1.91. The molecule has 0 spiro atoms. The van der Waals surface area contributed by atoms with Crippen molar-refractivity contribution in [2.24, 2.45) is 13.0 Å². The first kappa shape index (κ1) is 13.8. The highest BCUT2D eigenvalue weighted by Crippen LogP contribution is 2.23. The Labute approximate surface area is 114 Å². The maximum Gasteiger partial charge on any atom is 0.131 e. The van der Waals surface area contributed by atoms with Gasteiger partial charge >= 0.3 is 0 Å². The summed E-state index contributed by atoms with van der Waals surface area (Å²) in [7, 11) is 3.93. The number of aromatic nitrogens is 2. The third-order valence-electron chi connectivity index (χ3n) is 3.85. The molecule has 1 aliphatic heterocycles. The molecule has 5 heteroatoms. The second-order valence-corrected chi connectivity index (χ2v) is 5.61. The van der Waals surface area contributed by atoms with Crippen molar-refractivity contribution in [1.29, 1.82) is 0 Å². The summed E-state index contributed by atoms with van der Waals surface area (Å²) in [5, 5.41) is 8.42. The zero-order valence-electron chi connectivity index (χ0n) is 11.5. The van der Waals surface area contributed by atoms with Crippen LogP contribution >= 0.6 is 11.6 Å². The predicted octanol–water partition coefficient (Wildman–Crippen LogP) is 1.81.